The minimum atomic E-state index is -2.62. The molecule has 1 aliphatic rings. The van der Waals surface area contributed by atoms with Gasteiger partial charge < -0.3 is 4.74 Å². The highest BCUT2D eigenvalue weighted by atomic mass is 127. The third kappa shape index (κ3) is 3.24. The number of rotatable bonds is 3. The fourth-order valence-electron chi connectivity index (χ4n) is 2.86. The number of aldehydes is 1. The highest BCUT2D eigenvalue weighted by molar-refractivity contribution is 14.1. The Bertz CT molecular complexity index is 715. The predicted octanol–water partition coefficient (Wildman–Crippen LogP) is 5.21. The first kappa shape index (κ1) is 15.6. The summed E-state index contributed by atoms with van der Waals surface area (Å²) in [6, 6.07) is 9.08. The Hall–Kier alpha value is -1.24. The van der Waals surface area contributed by atoms with Crippen LogP contribution in [-0.4, -0.2) is 18.3 Å². The maximum absolute atomic E-state index is 13.5. The van der Waals surface area contributed by atoms with Crippen LogP contribution >= 0.6 is 22.6 Å². The number of benzene rings is 2. The predicted molar refractivity (Wildman–Crippen MR) is 89.9 cm³/mol. The summed E-state index contributed by atoms with van der Waals surface area (Å²) in [6.07, 6.45) is 1.25. The lowest BCUT2D eigenvalue weighted by atomic mass is 9.94. The van der Waals surface area contributed by atoms with Crippen molar-refractivity contribution in [2.45, 2.75) is 37.7 Å². The lowest BCUT2D eigenvalue weighted by molar-refractivity contribution is -0.0696. The van der Waals surface area contributed by atoms with E-state index in [1.807, 2.05) is 18.2 Å². The van der Waals surface area contributed by atoms with Crippen LogP contribution in [0.1, 0.15) is 36.0 Å². The zero-order valence-electron chi connectivity index (χ0n) is 11.8. The maximum Gasteiger partial charge on any atom is 0.251 e. The van der Waals surface area contributed by atoms with Crippen LogP contribution in [0.15, 0.2) is 30.3 Å². The molecule has 0 heterocycles. The van der Waals surface area contributed by atoms with Crippen molar-refractivity contribution in [2.24, 2.45) is 0 Å². The second-order valence-corrected chi connectivity index (χ2v) is 6.75. The Kier molecular flexibility index (Phi) is 4.34. The summed E-state index contributed by atoms with van der Waals surface area (Å²) in [5.74, 6) is -1.99. The van der Waals surface area contributed by atoms with Gasteiger partial charge in [0.2, 0.25) is 0 Å². The van der Waals surface area contributed by atoms with Crippen molar-refractivity contribution in [3.63, 3.8) is 0 Å². The lowest BCUT2D eigenvalue weighted by Gasteiger charge is -2.29. The molecule has 116 valence electrons. The lowest BCUT2D eigenvalue weighted by Crippen LogP contribution is -2.33. The fraction of sp³-hybridized carbons (Fsp3) is 0.353. The molecule has 3 rings (SSSR count). The van der Waals surface area contributed by atoms with Crippen molar-refractivity contribution in [3.05, 3.63) is 39.5 Å². The zero-order chi connectivity index (χ0) is 15.7. The monoisotopic (exact) mass is 416 g/mol. The van der Waals surface area contributed by atoms with Crippen LogP contribution in [0.5, 0.6) is 5.75 Å². The van der Waals surface area contributed by atoms with Crippen LogP contribution < -0.4 is 4.74 Å². The number of ether oxygens (including phenoxy) is 1. The summed E-state index contributed by atoms with van der Waals surface area (Å²) in [6.45, 7) is 0. The molecule has 1 aliphatic carbocycles. The minimum absolute atomic E-state index is 0.0455. The zero-order valence-corrected chi connectivity index (χ0v) is 14.0. The average molecular weight is 416 g/mol. The molecule has 0 spiro atoms. The van der Waals surface area contributed by atoms with E-state index in [0.717, 1.165) is 20.6 Å². The van der Waals surface area contributed by atoms with Gasteiger partial charge in [0.1, 0.15) is 18.1 Å². The summed E-state index contributed by atoms with van der Waals surface area (Å²) >= 11 is 2.17. The Morgan fingerprint density at radius 1 is 1.27 bits per heavy atom. The third-order valence-electron chi connectivity index (χ3n) is 3.97. The molecule has 5 heteroatoms. The number of carbonyl (C=O) groups excluding carboxylic acids is 1. The highest BCUT2D eigenvalue weighted by Crippen LogP contribution is 2.37. The van der Waals surface area contributed by atoms with Crippen LogP contribution in [0.25, 0.3) is 10.8 Å². The molecule has 0 aromatic heterocycles. The Morgan fingerprint density at radius 2 is 2.09 bits per heavy atom. The number of fused-ring (bicyclic) bond motifs is 1. The first-order valence-electron chi connectivity index (χ1n) is 7.20. The summed E-state index contributed by atoms with van der Waals surface area (Å²) in [5, 5.41) is 1.90. The van der Waals surface area contributed by atoms with Crippen LogP contribution in [0.4, 0.5) is 8.78 Å². The molecule has 22 heavy (non-hydrogen) atoms. The van der Waals surface area contributed by atoms with Crippen molar-refractivity contribution in [1.82, 2.24) is 0 Å². The van der Waals surface area contributed by atoms with Gasteiger partial charge in [-0.25, -0.2) is 8.78 Å². The van der Waals surface area contributed by atoms with Crippen molar-refractivity contribution >= 4 is 39.6 Å². The molecular weight excluding hydrogens is 401 g/mol. The topological polar surface area (TPSA) is 26.3 Å². The van der Waals surface area contributed by atoms with E-state index in [1.165, 1.54) is 0 Å². The first-order valence-corrected chi connectivity index (χ1v) is 8.28. The van der Waals surface area contributed by atoms with Crippen molar-refractivity contribution in [3.8, 4) is 5.75 Å². The van der Waals surface area contributed by atoms with E-state index >= 15 is 0 Å². The number of alkyl halides is 2. The van der Waals surface area contributed by atoms with E-state index in [9.17, 15) is 13.6 Å². The molecule has 0 bridgehead atoms. The minimum Gasteiger partial charge on any atom is -0.489 e. The first-order chi connectivity index (χ1) is 10.5. The van der Waals surface area contributed by atoms with Crippen molar-refractivity contribution in [1.29, 1.82) is 0 Å². The van der Waals surface area contributed by atoms with E-state index < -0.39 is 12.0 Å². The van der Waals surface area contributed by atoms with Gasteiger partial charge in [0.15, 0.2) is 0 Å². The molecule has 1 fully saturated rings. The van der Waals surface area contributed by atoms with E-state index in [-0.39, 0.29) is 12.8 Å². The molecular formula is C17H15F2IO2. The second-order valence-electron chi connectivity index (χ2n) is 5.67. The smallest absolute Gasteiger partial charge is 0.251 e. The normalized spacial score (nSPS) is 20.8. The molecule has 0 N–H and O–H groups in total. The van der Waals surface area contributed by atoms with E-state index in [2.05, 4.69) is 22.6 Å². The molecule has 0 radical (unpaired) electrons. The molecule has 0 aliphatic heterocycles. The number of carbonyl (C=O) groups is 1. The van der Waals surface area contributed by atoms with Gasteiger partial charge >= 0.3 is 0 Å². The summed E-state index contributed by atoms with van der Waals surface area (Å²) < 4.78 is 33.7. The SMILES string of the molecule is O=Cc1ccc2c(I)c(OC3CCCC(F)(F)C3)ccc2c1. The Morgan fingerprint density at radius 3 is 2.82 bits per heavy atom. The van der Waals surface area contributed by atoms with E-state index in [4.69, 9.17) is 4.74 Å². The standard InChI is InChI=1S/C17H15F2IO2/c18-17(19)7-1-2-13(9-17)22-15-6-4-12-8-11(10-21)3-5-14(12)16(15)20/h3-6,8,10,13H,1-2,7,9H2. The number of hydrogen-bond donors (Lipinski definition) is 0. The molecule has 1 unspecified atom stereocenters. The molecule has 2 nitrogen and oxygen atoms in total. The van der Waals surface area contributed by atoms with Gasteiger partial charge in [-0.2, -0.15) is 0 Å². The van der Waals surface area contributed by atoms with Crippen LogP contribution in [0.3, 0.4) is 0 Å². The molecule has 0 saturated heterocycles. The van der Waals surface area contributed by atoms with Crippen LogP contribution in [0, 0.1) is 3.57 Å². The maximum atomic E-state index is 13.5. The van der Waals surface area contributed by atoms with Gasteiger partial charge in [-0.3, -0.25) is 4.79 Å². The quantitative estimate of drug-likeness (QED) is 0.507. The molecule has 0 amide bonds. The summed E-state index contributed by atoms with van der Waals surface area (Å²) in [5.41, 5.74) is 0.615. The summed E-state index contributed by atoms with van der Waals surface area (Å²) in [7, 11) is 0. The van der Waals surface area contributed by atoms with Crippen LogP contribution in [-0.2, 0) is 0 Å². The molecule has 1 atom stereocenters. The Labute approximate surface area is 141 Å². The fourth-order valence-corrected chi connectivity index (χ4v) is 3.66. The van der Waals surface area contributed by atoms with Gasteiger partial charge in [-0.05, 0) is 58.3 Å². The van der Waals surface area contributed by atoms with Gasteiger partial charge in [0.05, 0.1) is 3.57 Å². The van der Waals surface area contributed by atoms with Crippen molar-refractivity contribution < 1.29 is 18.3 Å². The molecule has 1 saturated carbocycles. The molecule has 2 aromatic rings. The Balaban J connectivity index is 1.88. The molecule has 2 aromatic carbocycles. The van der Waals surface area contributed by atoms with Gasteiger partial charge in [0, 0.05) is 18.4 Å². The number of hydrogen-bond acceptors (Lipinski definition) is 2. The second kappa shape index (κ2) is 6.10. The third-order valence-corrected chi connectivity index (χ3v) is 5.08. The van der Waals surface area contributed by atoms with Gasteiger partial charge in [-0.15, -0.1) is 0 Å². The summed E-state index contributed by atoms with van der Waals surface area (Å²) in [4.78, 5) is 10.8. The average Bonchev–Trinajstić information content (AvgIpc) is 2.49. The number of halogens is 3. The van der Waals surface area contributed by atoms with Gasteiger partial charge in [-0.1, -0.05) is 18.2 Å². The van der Waals surface area contributed by atoms with Gasteiger partial charge in [0.25, 0.3) is 5.92 Å². The van der Waals surface area contributed by atoms with E-state index in [0.29, 0.717) is 24.2 Å². The van der Waals surface area contributed by atoms with E-state index in [1.54, 1.807) is 12.1 Å². The largest absolute Gasteiger partial charge is 0.489 e. The van der Waals surface area contributed by atoms with Crippen molar-refractivity contribution in [2.75, 3.05) is 0 Å². The van der Waals surface area contributed by atoms with Crippen LogP contribution in [0.2, 0.25) is 0 Å². The highest BCUT2D eigenvalue weighted by Gasteiger charge is 2.37.